The van der Waals surface area contributed by atoms with Crippen LogP contribution in [-0.2, 0) is 0 Å². The molecule has 0 radical (unpaired) electrons. The number of halogens is 1. The van der Waals surface area contributed by atoms with Gasteiger partial charge in [0.1, 0.15) is 11.6 Å². The summed E-state index contributed by atoms with van der Waals surface area (Å²) < 4.78 is 6.92. The van der Waals surface area contributed by atoms with Gasteiger partial charge in [-0.3, -0.25) is 0 Å². The minimum atomic E-state index is -0.387. The molecule has 0 aliphatic carbocycles. The molecule has 0 heterocycles. The van der Waals surface area contributed by atoms with Gasteiger partial charge in [-0.25, -0.2) is 0 Å². The molecule has 3 N–H and O–H groups in total. The molecular formula is C15H23BrN2O2. The van der Waals surface area contributed by atoms with Gasteiger partial charge in [0.15, 0.2) is 0 Å². The number of nitrogens with two attached hydrogens (primary N) is 1. The van der Waals surface area contributed by atoms with E-state index >= 15 is 0 Å². The summed E-state index contributed by atoms with van der Waals surface area (Å²) in [7, 11) is 0. The number of ether oxygens (including phenoxy) is 1. The van der Waals surface area contributed by atoms with Crippen LogP contribution in [0.2, 0.25) is 0 Å². The summed E-state index contributed by atoms with van der Waals surface area (Å²) in [4.78, 5) is 0. The molecule has 0 bridgehead atoms. The first-order valence-electron chi connectivity index (χ1n) is 6.68. The first kappa shape index (κ1) is 16.8. The lowest BCUT2D eigenvalue weighted by atomic mass is 9.88. The number of hydrogen-bond donors (Lipinski definition) is 2. The molecule has 5 heteroatoms. The number of nitrogens with zero attached hydrogens (tertiary/aromatic N) is 1. The summed E-state index contributed by atoms with van der Waals surface area (Å²) in [5.74, 6) is 1.50. The molecule has 0 atom stereocenters. The van der Waals surface area contributed by atoms with Crippen LogP contribution in [0.5, 0.6) is 5.75 Å². The number of rotatable bonds is 6. The average Bonchev–Trinajstić information content (AvgIpc) is 2.39. The quantitative estimate of drug-likeness (QED) is 0.353. The van der Waals surface area contributed by atoms with Gasteiger partial charge in [-0.1, -0.05) is 48.8 Å². The lowest BCUT2D eigenvalue weighted by molar-refractivity contribution is 0.257. The summed E-state index contributed by atoms with van der Waals surface area (Å²) in [6.45, 7) is 8.64. The van der Waals surface area contributed by atoms with E-state index in [2.05, 4.69) is 41.0 Å². The summed E-state index contributed by atoms with van der Waals surface area (Å²) >= 11 is 3.48. The van der Waals surface area contributed by atoms with Gasteiger partial charge < -0.3 is 15.7 Å². The monoisotopic (exact) mass is 342 g/mol. The normalized spacial score (nSPS) is 12.8. The molecule has 1 aromatic carbocycles. The zero-order valence-electron chi connectivity index (χ0n) is 12.5. The predicted octanol–water partition coefficient (Wildman–Crippen LogP) is 4.11. The number of benzene rings is 1. The molecule has 20 heavy (non-hydrogen) atoms. The Morgan fingerprint density at radius 2 is 2.10 bits per heavy atom. The van der Waals surface area contributed by atoms with E-state index < -0.39 is 0 Å². The second-order valence-electron chi connectivity index (χ2n) is 5.80. The molecule has 112 valence electrons. The lowest BCUT2D eigenvalue weighted by Crippen LogP contribution is -2.33. The first-order chi connectivity index (χ1) is 9.27. The van der Waals surface area contributed by atoms with Crippen molar-refractivity contribution in [3.63, 3.8) is 0 Å². The highest BCUT2D eigenvalue weighted by molar-refractivity contribution is 9.10. The number of oxime groups is 1. The second kappa shape index (κ2) is 6.97. The van der Waals surface area contributed by atoms with Crippen molar-refractivity contribution in [1.82, 2.24) is 0 Å². The molecule has 0 spiro atoms. The zero-order chi connectivity index (χ0) is 15.3. The maximum atomic E-state index is 8.75. The Morgan fingerprint density at radius 3 is 2.65 bits per heavy atom. The standard InChI is InChI=1S/C15H23BrN2O2/c1-10(2)12-9-11(16)5-6-13(12)20-8-7-15(3,4)14(17)18-19/h5-6,9-10,19H,7-8H2,1-4H3,(H2,17,18). The Labute approximate surface area is 129 Å². The molecule has 0 fully saturated rings. The van der Waals surface area contributed by atoms with Gasteiger partial charge in [-0.15, -0.1) is 0 Å². The molecule has 0 aliphatic heterocycles. The van der Waals surface area contributed by atoms with Crippen LogP contribution in [0.15, 0.2) is 27.8 Å². The van der Waals surface area contributed by atoms with Gasteiger partial charge in [0, 0.05) is 9.89 Å². The minimum Gasteiger partial charge on any atom is -0.493 e. The highest BCUT2D eigenvalue weighted by Gasteiger charge is 2.23. The zero-order valence-corrected chi connectivity index (χ0v) is 14.1. The van der Waals surface area contributed by atoms with Crippen molar-refractivity contribution in [2.45, 2.75) is 40.0 Å². The van der Waals surface area contributed by atoms with Gasteiger partial charge in [0.05, 0.1) is 6.61 Å². The van der Waals surface area contributed by atoms with Gasteiger partial charge in [-0.2, -0.15) is 0 Å². The van der Waals surface area contributed by atoms with E-state index in [-0.39, 0.29) is 11.3 Å². The molecule has 4 nitrogen and oxygen atoms in total. The molecule has 1 rings (SSSR count). The van der Waals surface area contributed by atoms with Crippen LogP contribution >= 0.6 is 15.9 Å². The number of hydrogen-bond acceptors (Lipinski definition) is 3. The molecule has 0 unspecified atom stereocenters. The Hall–Kier alpha value is -1.23. The van der Waals surface area contributed by atoms with Crippen molar-refractivity contribution in [1.29, 1.82) is 0 Å². The van der Waals surface area contributed by atoms with E-state index in [9.17, 15) is 0 Å². The average molecular weight is 343 g/mol. The summed E-state index contributed by atoms with van der Waals surface area (Å²) in [5.41, 5.74) is 6.45. The maximum absolute atomic E-state index is 8.75. The summed E-state index contributed by atoms with van der Waals surface area (Å²) in [6, 6.07) is 6.01. The van der Waals surface area contributed by atoms with Gasteiger partial charge in [0.2, 0.25) is 0 Å². The Balaban J connectivity index is 2.72. The topological polar surface area (TPSA) is 67.8 Å². The fourth-order valence-corrected chi connectivity index (χ4v) is 2.16. The molecule has 0 aromatic heterocycles. The first-order valence-corrected chi connectivity index (χ1v) is 7.47. The third kappa shape index (κ3) is 4.40. The molecule has 1 aromatic rings. The molecule has 0 amide bonds. The SMILES string of the molecule is CC(C)c1cc(Br)ccc1OCCC(C)(C)/C(N)=N/O. The fourth-order valence-electron chi connectivity index (χ4n) is 1.78. The van der Waals surface area contributed by atoms with Crippen molar-refractivity contribution >= 4 is 21.8 Å². The molecule has 0 saturated heterocycles. The van der Waals surface area contributed by atoms with Gasteiger partial charge in [-0.05, 0) is 36.1 Å². The maximum Gasteiger partial charge on any atom is 0.144 e. The van der Waals surface area contributed by atoms with Crippen LogP contribution in [0, 0.1) is 5.41 Å². The molecule has 0 saturated carbocycles. The molecular weight excluding hydrogens is 320 g/mol. The van der Waals surface area contributed by atoms with Gasteiger partial charge in [0.25, 0.3) is 0 Å². The van der Waals surface area contributed by atoms with Crippen molar-refractivity contribution in [3.05, 3.63) is 28.2 Å². The van der Waals surface area contributed by atoms with Crippen molar-refractivity contribution in [2.24, 2.45) is 16.3 Å². The van der Waals surface area contributed by atoms with Crippen LogP contribution in [0.1, 0.15) is 45.6 Å². The Morgan fingerprint density at radius 1 is 1.45 bits per heavy atom. The van der Waals surface area contributed by atoms with Crippen LogP contribution in [-0.4, -0.2) is 17.6 Å². The van der Waals surface area contributed by atoms with Crippen LogP contribution < -0.4 is 10.5 Å². The van der Waals surface area contributed by atoms with Crippen molar-refractivity contribution < 1.29 is 9.94 Å². The minimum absolute atomic E-state index is 0.223. The largest absolute Gasteiger partial charge is 0.493 e. The van der Waals surface area contributed by atoms with Crippen LogP contribution in [0.25, 0.3) is 0 Å². The second-order valence-corrected chi connectivity index (χ2v) is 6.72. The molecule has 0 aliphatic rings. The van der Waals surface area contributed by atoms with Gasteiger partial charge >= 0.3 is 0 Å². The van der Waals surface area contributed by atoms with Crippen LogP contribution in [0.4, 0.5) is 0 Å². The van der Waals surface area contributed by atoms with E-state index in [0.717, 1.165) is 10.2 Å². The summed E-state index contributed by atoms with van der Waals surface area (Å²) in [6.07, 6.45) is 0.677. The predicted molar refractivity (Wildman–Crippen MR) is 85.5 cm³/mol. The van der Waals surface area contributed by atoms with Crippen molar-refractivity contribution in [2.75, 3.05) is 6.61 Å². The van der Waals surface area contributed by atoms with E-state index in [1.807, 2.05) is 26.0 Å². The van der Waals surface area contributed by atoms with E-state index in [4.69, 9.17) is 15.7 Å². The summed E-state index contributed by atoms with van der Waals surface area (Å²) in [5, 5.41) is 11.8. The number of amidine groups is 1. The van der Waals surface area contributed by atoms with E-state index in [1.165, 1.54) is 5.56 Å². The van der Waals surface area contributed by atoms with Crippen molar-refractivity contribution in [3.8, 4) is 5.75 Å². The fraction of sp³-hybridized carbons (Fsp3) is 0.533. The lowest BCUT2D eigenvalue weighted by Gasteiger charge is -2.23. The van der Waals surface area contributed by atoms with Crippen LogP contribution in [0.3, 0.4) is 0 Å². The Kier molecular flexibility index (Phi) is 5.87. The van der Waals surface area contributed by atoms with E-state index in [1.54, 1.807) is 0 Å². The third-order valence-electron chi connectivity index (χ3n) is 3.38. The van der Waals surface area contributed by atoms with E-state index in [0.29, 0.717) is 18.9 Å². The Bertz CT molecular complexity index is 485. The highest BCUT2D eigenvalue weighted by atomic mass is 79.9. The third-order valence-corrected chi connectivity index (χ3v) is 3.87. The highest BCUT2D eigenvalue weighted by Crippen LogP contribution is 2.30. The smallest absolute Gasteiger partial charge is 0.144 e.